The number of aliphatic hydroxyl groups excluding tert-OH is 1. The third kappa shape index (κ3) is 2.90. The van der Waals surface area contributed by atoms with Gasteiger partial charge in [0.25, 0.3) is 0 Å². The van der Waals surface area contributed by atoms with E-state index in [2.05, 4.69) is 9.88 Å². The largest absolute Gasteiger partial charge is 0.477 e. The van der Waals surface area contributed by atoms with Crippen LogP contribution in [-0.4, -0.2) is 52.1 Å². The van der Waals surface area contributed by atoms with Crippen molar-refractivity contribution in [2.75, 3.05) is 24.5 Å². The molecule has 2 fully saturated rings. The van der Waals surface area contributed by atoms with Gasteiger partial charge in [-0.15, -0.1) is 0 Å². The Labute approximate surface area is 128 Å². The van der Waals surface area contributed by atoms with Gasteiger partial charge in [0.2, 0.25) is 0 Å². The fourth-order valence-electron chi connectivity index (χ4n) is 3.27. The molecule has 1 aromatic heterocycles. The Morgan fingerprint density at radius 1 is 1.38 bits per heavy atom. The Kier molecular flexibility index (Phi) is 4.14. The molecule has 2 aliphatic rings. The number of aryl methyl sites for hydroxylation is 1. The summed E-state index contributed by atoms with van der Waals surface area (Å²) in [5.41, 5.74) is 0.518. The summed E-state index contributed by atoms with van der Waals surface area (Å²) < 4.78 is 0. The topological polar surface area (TPSA) is 76.9 Å². The maximum absolute atomic E-state index is 11.1. The quantitative estimate of drug-likeness (QED) is 0.882. The number of aromatic nitrogens is 1. The number of carbonyl (C=O) groups is 1. The smallest absolute Gasteiger partial charge is 0.347 e. The van der Waals surface area contributed by atoms with Crippen LogP contribution in [0.3, 0.4) is 0 Å². The van der Waals surface area contributed by atoms with Crippen molar-refractivity contribution in [2.45, 2.75) is 39.0 Å². The van der Waals surface area contributed by atoms with Gasteiger partial charge >= 0.3 is 5.97 Å². The van der Waals surface area contributed by atoms with E-state index in [1.165, 1.54) is 25.7 Å². The van der Waals surface area contributed by atoms with Crippen molar-refractivity contribution in [1.82, 2.24) is 9.88 Å². The number of carboxylic acid groups (broad SMARTS) is 1. The van der Waals surface area contributed by atoms with E-state index in [0.29, 0.717) is 23.3 Å². The van der Waals surface area contributed by atoms with E-state index in [1.54, 1.807) is 11.8 Å². The highest BCUT2D eigenvalue weighted by Gasteiger charge is 2.34. The molecule has 1 aliphatic carbocycles. The zero-order valence-corrected chi connectivity index (χ0v) is 13.0. The van der Waals surface area contributed by atoms with Crippen LogP contribution in [0.25, 0.3) is 0 Å². The van der Waals surface area contributed by atoms with Gasteiger partial charge in [0.15, 0.2) is 11.5 Å². The van der Waals surface area contributed by atoms with Gasteiger partial charge in [-0.1, -0.05) is 24.2 Å². The fraction of sp³-hybridized carbons (Fsp3) is 0.714. The normalized spacial score (nSPS) is 24.1. The summed E-state index contributed by atoms with van der Waals surface area (Å²) >= 11 is 1.14. The first-order valence-corrected chi connectivity index (χ1v) is 8.27. The highest BCUT2D eigenvalue weighted by molar-refractivity contribution is 7.17. The lowest BCUT2D eigenvalue weighted by Gasteiger charge is -2.26. The molecule has 1 atom stereocenters. The molecule has 1 aromatic rings. The van der Waals surface area contributed by atoms with E-state index in [-0.39, 0.29) is 4.88 Å². The molecule has 0 spiro atoms. The fourth-order valence-corrected chi connectivity index (χ4v) is 4.22. The molecule has 21 heavy (non-hydrogen) atoms. The van der Waals surface area contributed by atoms with Crippen molar-refractivity contribution in [3.63, 3.8) is 0 Å². The van der Waals surface area contributed by atoms with Crippen LogP contribution in [0, 0.1) is 12.8 Å². The molecular weight excluding hydrogens is 290 g/mol. The van der Waals surface area contributed by atoms with Crippen molar-refractivity contribution in [2.24, 2.45) is 5.92 Å². The maximum atomic E-state index is 11.1. The number of aliphatic hydroxyl groups is 1. The zero-order chi connectivity index (χ0) is 15.0. The third-order valence-corrected chi connectivity index (χ3v) is 5.61. The van der Waals surface area contributed by atoms with Crippen LogP contribution < -0.4 is 4.90 Å². The molecule has 2 N–H and O–H groups in total. The Balaban J connectivity index is 1.69. The lowest BCUT2D eigenvalue weighted by atomic mass is 10.1. The van der Waals surface area contributed by atoms with Crippen LogP contribution >= 0.6 is 11.3 Å². The van der Waals surface area contributed by atoms with Gasteiger partial charge in [0.1, 0.15) is 4.88 Å². The third-order valence-electron chi connectivity index (χ3n) is 4.43. The molecule has 1 unspecified atom stereocenters. The molecule has 7 heteroatoms. The van der Waals surface area contributed by atoms with E-state index in [9.17, 15) is 9.90 Å². The maximum Gasteiger partial charge on any atom is 0.347 e. The first-order valence-electron chi connectivity index (χ1n) is 7.45. The van der Waals surface area contributed by atoms with Gasteiger partial charge < -0.3 is 15.1 Å². The number of aromatic carboxylic acids is 1. The van der Waals surface area contributed by atoms with Crippen molar-refractivity contribution >= 4 is 22.4 Å². The van der Waals surface area contributed by atoms with E-state index < -0.39 is 12.3 Å². The summed E-state index contributed by atoms with van der Waals surface area (Å²) in [7, 11) is 0. The molecule has 0 aromatic carbocycles. The van der Waals surface area contributed by atoms with Crippen LogP contribution in [0.4, 0.5) is 5.13 Å². The number of rotatable bonds is 4. The summed E-state index contributed by atoms with van der Waals surface area (Å²) in [6.07, 6.45) is 4.42. The molecule has 0 radical (unpaired) electrons. The van der Waals surface area contributed by atoms with Gasteiger partial charge in [-0.3, -0.25) is 4.90 Å². The molecule has 1 saturated heterocycles. The predicted octanol–water partition coefficient (Wildman–Crippen LogP) is 1.74. The molecular formula is C14H21N3O3S. The van der Waals surface area contributed by atoms with E-state index >= 15 is 0 Å². The Bertz CT molecular complexity index is 528. The van der Waals surface area contributed by atoms with Crippen molar-refractivity contribution < 1.29 is 15.0 Å². The molecule has 2 heterocycles. The summed E-state index contributed by atoms with van der Waals surface area (Å²) in [4.78, 5) is 19.5. The average Bonchev–Trinajstić information content (AvgIpc) is 3.13. The van der Waals surface area contributed by atoms with Gasteiger partial charge in [0.05, 0.1) is 5.69 Å². The Morgan fingerprint density at radius 3 is 2.71 bits per heavy atom. The first-order chi connectivity index (χ1) is 10.1. The summed E-state index contributed by atoms with van der Waals surface area (Å²) in [6, 6.07) is 0. The van der Waals surface area contributed by atoms with Crippen molar-refractivity contribution in [3.8, 4) is 0 Å². The molecule has 3 rings (SSSR count). The lowest BCUT2D eigenvalue weighted by molar-refractivity contribution is 0.0298. The second kappa shape index (κ2) is 5.90. The van der Waals surface area contributed by atoms with Crippen LogP contribution in [-0.2, 0) is 0 Å². The van der Waals surface area contributed by atoms with Gasteiger partial charge in [-0.2, -0.15) is 0 Å². The molecule has 6 nitrogen and oxygen atoms in total. The monoisotopic (exact) mass is 311 g/mol. The summed E-state index contributed by atoms with van der Waals surface area (Å²) in [6.45, 7) is 4.12. The van der Waals surface area contributed by atoms with Crippen molar-refractivity contribution in [3.05, 3.63) is 10.6 Å². The minimum absolute atomic E-state index is 0.256. The zero-order valence-electron chi connectivity index (χ0n) is 12.2. The minimum atomic E-state index is -0.951. The van der Waals surface area contributed by atoms with Gasteiger partial charge in [0, 0.05) is 19.6 Å². The number of carboxylic acids is 1. The number of thiazole rings is 1. The van der Waals surface area contributed by atoms with E-state index in [4.69, 9.17) is 5.11 Å². The molecule has 0 amide bonds. The van der Waals surface area contributed by atoms with E-state index in [0.717, 1.165) is 24.4 Å². The number of hydrogen-bond acceptors (Lipinski definition) is 6. The van der Waals surface area contributed by atoms with E-state index in [1.807, 2.05) is 0 Å². The summed E-state index contributed by atoms with van der Waals surface area (Å²) in [5.74, 6) is -0.264. The number of nitrogens with zero attached hydrogens (tertiary/aromatic N) is 3. The van der Waals surface area contributed by atoms with Gasteiger partial charge in [-0.25, -0.2) is 9.78 Å². The number of anilines is 1. The van der Waals surface area contributed by atoms with Gasteiger partial charge in [-0.05, 0) is 25.7 Å². The standard InChI is InChI=1S/C14H21N3O3S/c1-9-11(12(18)19)21-13(15-9)17-7-6-16(14(17)20)8-10-4-2-3-5-10/h10,14,20H,2-8H2,1H3,(H,18,19). The highest BCUT2D eigenvalue weighted by atomic mass is 32.1. The summed E-state index contributed by atoms with van der Waals surface area (Å²) in [5, 5.41) is 20.2. The Morgan fingerprint density at radius 2 is 2.10 bits per heavy atom. The Hall–Kier alpha value is -1.18. The first kappa shape index (κ1) is 14.7. The van der Waals surface area contributed by atoms with Crippen LogP contribution in [0.15, 0.2) is 0 Å². The second-order valence-electron chi connectivity index (χ2n) is 5.90. The lowest BCUT2D eigenvalue weighted by Crippen LogP contribution is -2.40. The predicted molar refractivity (Wildman–Crippen MR) is 80.7 cm³/mol. The van der Waals surface area contributed by atoms with Crippen LogP contribution in [0.5, 0.6) is 0 Å². The molecule has 1 saturated carbocycles. The average molecular weight is 311 g/mol. The molecule has 0 bridgehead atoms. The van der Waals surface area contributed by atoms with Crippen molar-refractivity contribution in [1.29, 1.82) is 0 Å². The number of hydrogen-bond donors (Lipinski definition) is 2. The molecule has 1 aliphatic heterocycles. The van der Waals surface area contributed by atoms with Crippen LogP contribution in [0.1, 0.15) is 41.0 Å². The highest BCUT2D eigenvalue weighted by Crippen LogP contribution is 2.32. The minimum Gasteiger partial charge on any atom is -0.477 e. The van der Waals surface area contributed by atoms with Crippen LogP contribution in [0.2, 0.25) is 0 Å². The second-order valence-corrected chi connectivity index (χ2v) is 6.88. The SMILES string of the molecule is Cc1nc(N2CCN(CC3CCCC3)C2O)sc1C(=O)O. The molecule has 116 valence electrons.